The van der Waals surface area contributed by atoms with E-state index in [2.05, 4.69) is 34.3 Å². The van der Waals surface area contributed by atoms with Gasteiger partial charge in [-0.3, -0.25) is 0 Å². The van der Waals surface area contributed by atoms with E-state index < -0.39 is 74.5 Å². The minimum Gasteiger partial charge on any atom is -0.325 e. The van der Waals surface area contributed by atoms with Crippen LogP contribution in [-0.2, 0) is 20.1 Å². The van der Waals surface area contributed by atoms with Gasteiger partial charge in [0.05, 0.1) is 4.11 Å². The van der Waals surface area contributed by atoms with E-state index in [0.717, 1.165) is 21.7 Å². The molecule has 4 heteroatoms. The molecule has 2 aliphatic rings. The second kappa shape index (κ2) is 11.1. The Morgan fingerprint density at radius 2 is 2.09 bits per heavy atom. The van der Waals surface area contributed by atoms with Crippen LogP contribution in [0.1, 0.15) is 52.2 Å². The van der Waals surface area contributed by atoms with Crippen LogP contribution in [0, 0.1) is 19.3 Å². The fourth-order valence-corrected chi connectivity index (χ4v) is 4.66. The van der Waals surface area contributed by atoms with Gasteiger partial charge in [0.25, 0.3) is 0 Å². The van der Waals surface area contributed by atoms with E-state index >= 15 is 0 Å². The number of hydrogen-bond acceptors (Lipinski definition) is 3. The summed E-state index contributed by atoms with van der Waals surface area (Å²) < 4.78 is 117. The molecule has 0 saturated heterocycles. The van der Waals surface area contributed by atoms with Crippen molar-refractivity contribution in [2.24, 2.45) is 4.99 Å². The van der Waals surface area contributed by atoms with Crippen molar-refractivity contribution >= 4 is 38.8 Å². The molecule has 2 aromatic carbocycles. The van der Waals surface area contributed by atoms with E-state index in [-0.39, 0.29) is 36.9 Å². The minimum absolute atomic E-state index is 0. The molecule has 1 radical (unpaired) electrons. The number of hydrogen-bond donors (Lipinski definition) is 0. The van der Waals surface area contributed by atoms with Crippen LogP contribution in [0.4, 0.5) is 0 Å². The Morgan fingerprint density at radius 1 is 1.15 bits per heavy atom. The fraction of sp³-hybridized carbons (Fsp3) is 0.167. The summed E-state index contributed by atoms with van der Waals surface area (Å²) in [6.07, 6.45) is 3.36. The molecule has 0 N–H and O–H groups in total. The van der Waals surface area contributed by atoms with Crippen LogP contribution in [0.2, 0.25) is 0 Å². The average molecular weight is 654 g/mol. The van der Waals surface area contributed by atoms with Crippen LogP contribution in [-0.4, -0.2) is 10.7 Å². The first kappa shape index (κ1) is 11.8. The SMILES string of the molecule is [2H]C1C(C([2H])([2H])[2H])=CN=C(C2=c3sc4ccccc4c3=CC[CH-]2)C1[2H].[2H]c1[c-]c(-c2nc([2H])c(C([2H])([2H])[2H])c([2H])c2[2H])c([2H])c([2H])c1[2H].[Ir]. The van der Waals surface area contributed by atoms with Crippen LogP contribution >= 0.6 is 11.3 Å². The maximum atomic E-state index is 8.40. The van der Waals surface area contributed by atoms with E-state index in [1.54, 1.807) is 11.3 Å². The summed E-state index contributed by atoms with van der Waals surface area (Å²) in [7, 11) is 0. The number of aromatic nitrogens is 1. The first-order chi connectivity index (χ1) is 22.3. The van der Waals surface area contributed by atoms with E-state index in [1.165, 1.54) is 16.3 Å². The van der Waals surface area contributed by atoms with E-state index in [1.807, 2.05) is 18.6 Å². The number of allylic oxidation sites excluding steroid dienone is 1. The third kappa shape index (κ3) is 5.31. The Morgan fingerprint density at radius 3 is 3.00 bits per heavy atom. The zero-order valence-corrected chi connectivity index (χ0v) is 20.8. The number of thiophene rings is 1. The van der Waals surface area contributed by atoms with Gasteiger partial charge in [-0.2, -0.15) is 12.0 Å². The normalized spacial score (nSPS) is 25.8. The summed E-state index contributed by atoms with van der Waals surface area (Å²) in [5.41, 5.74) is -0.0198. The fourth-order valence-electron chi connectivity index (χ4n) is 3.41. The first-order valence-corrected chi connectivity index (χ1v) is 10.8. The first-order valence-electron chi connectivity index (χ1n) is 17.7. The molecule has 4 aromatic rings. The minimum atomic E-state index is -2.78. The Bertz CT molecular complexity index is 2130. The summed E-state index contributed by atoms with van der Waals surface area (Å²) in [6, 6.07) is 7.08. The number of pyridine rings is 1. The van der Waals surface area contributed by atoms with Gasteiger partial charge in [0, 0.05) is 50.9 Å². The van der Waals surface area contributed by atoms with Crippen LogP contribution < -0.4 is 9.75 Å². The predicted octanol–water partition coefficient (Wildman–Crippen LogP) is 6.43. The van der Waals surface area contributed by atoms with Crippen molar-refractivity contribution in [3.63, 3.8) is 0 Å². The monoisotopic (exact) mass is 654 g/mol. The third-order valence-electron chi connectivity index (χ3n) is 4.88. The molecule has 1 aliphatic carbocycles. The molecule has 1 aliphatic heterocycles. The molecule has 0 saturated carbocycles. The quantitative estimate of drug-likeness (QED) is 0.229. The second-order valence-electron chi connectivity index (χ2n) is 7.03. The molecule has 0 fully saturated rings. The van der Waals surface area contributed by atoms with Gasteiger partial charge in [-0.15, -0.1) is 35.8 Å². The van der Waals surface area contributed by atoms with Crippen LogP contribution in [0.15, 0.2) is 83.5 Å². The average Bonchev–Trinajstić information content (AvgIpc) is 3.39. The molecule has 6 rings (SSSR count). The predicted molar refractivity (Wildman–Crippen MR) is 142 cm³/mol. The Hall–Kier alpha value is -2.78. The molecule has 34 heavy (non-hydrogen) atoms. The van der Waals surface area contributed by atoms with E-state index in [0.29, 0.717) is 5.71 Å². The van der Waals surface area contributed by atoms with Gasteiger partial charge in [-0.05, 0) is 45.6 Å². The van der Waals surface area contributed by atoms with Crippen molar-refractivity contribution in [2.75, 3.05) is 0 Å². The zero-order chi connectivity index (χ0) is 35.5. The van der Waals surface area contributed by atoms with Crippen LogP contribution in [0.5, 0.6) is 0 Å². The van der Waals surface area contributed by atoms with Gasteiger partial charge in [0.15, 0.2) is 0 Å². The topological polar surface area (TPSA) is 25.2 Å². The van der Waals surface area contributed by atoms with E-state index in [4.69, 9.17) is 20.6 Å². The van der Waals surface area contributed by atoms with Crippen LogP contribution in [0.25, 0.3) is 33.0 Å². The summed E-state index contributed by atoms with van der Waals surface area (Å²) in [5, 5.41) is 2.34. The number of rotatable bonds is 2. The molecular weight excluding hydrogens is 613 g/mol. The molecule has 173 valence electrons. The summed E-state index contributed by atoms with van der Waals surface area (Å²) in [4.78, 5) is 7.98. The largest absolute Gasteiger partial charge is 0.325 e. The molecule has 2 aromatic heterocycles. The Balaban J connectivity index is 0.000000217. The molecule has 0 spiro atoms. The smallest absolute Gasteiger partial charge is 0.0832 e. The van der Waals surface area contributed by atoms with Gasteiger partial charge in [-0.1, -0.05) is 70.2 Å². The molecule has 2 nitrogen and oxygen atoms in total. The maximum Gasteiger partial charge on any atom is 0.0832 e. The standard InChI is InChI=1S/C18H16NS.C12H10N.Ir/c1-12-9-10-16(19-11-12)15-7-4-6-14-13-5-2-3-8-17(13)20-18(14)15;1-10-7-8-12(13-9-10)11-5-3-2-4-6-11;/h2-3,5-8,11H,4,9-10H2,1H3;2-5,7-9H,1H3;/q2*-1;/i1D3,9D,10D;1D3,2D,3D,4D,5D,7D,8D,9D;. The maximum absolute atomic E-state index is 8.40. The summed E-state index contributed by atoms with van der Waals surface area (Å²) in [5.74, 6) is 0. The number of nitrogens with zero attached hydrogens (tertiary/aromatic N) is 2. The number of benzene rings is 2. The van der Waals surface area contributed by atoms with Crippen molar-refractivity contribution in [1.82, 2.24) is 4.98 Å². The zero-order valence-electron chi connectivity index (χ0n) is 32.5. The second-order valence-corrected chi connectivity index (χ2v) is 8.08. The van der Waals surface area contributed by atoms with Gasteiger partial charge in [-0.25, -0.2) is 11.3 Å². The number of fused-ring (bicyclic) bond motifs is 3. The molecule has 0 amide bonds. The van der Waals surface area contributed by atoms with Gasteiger partial charge < -0.3 is 9.98 Å². The molecule has 2 atom stereocenters. The Kier molecular flexibility index (Phi) is 3.84. The third-order valence-corrected chi connectivity index (χ3v) is 6.10. The van der Waals surface area contributed by atoms with Crippen molar-refractivity contribution in [1.29, 1.82) is 0 Å². The molecule has 2 unspecified atom stereocenters. The van der Waals surface area contributed by atoms with E-state index in [9.17, 15) is 0 Å². The van der Waals surface area contributed by atoms with Gasteiger partial charge in [0.2, 0.25) is 0 Å². The van der Waals surface area contributed by atoms with Crippen molar-refractivity contribution in [2.45, 2.75) is 32.9 Å². The Labute approximate surface area is 239 Å². The van der Waals surface area contributed by atoms with Gasteiger partial charge >= 0.3 is 0 Å². The molecule has 0 bridgehead atoms. The molecule has 3 heterocycles. The number of aliphatic imine (C=N–C) groups is 1. The van der Waals surface area contributed by atoms with Crippen LogP contribution in [0.3, 0.4) is 0 Å². The molecular formula is C30H26IrN2S-2. The van der Waals surface area contributed by atoms with Gasteiger partial charge in [0.1, 0.15) is 0 Å². The summed E-state index contributed by atoms with van der Waals surface area (Å²) >= 11 is 1.65. The van der Waals surface area contributed by atoms with Crippen molar-refractivity contribution in [3.8, 4) is 11.3 Å². The van der Waals surface area contributed by atoms with Crippen molar-refractivity contribution in [3.05, 3.63) is 106 Å². The van der Waals surface area contributed by atoms with Crippen molar-refractivity contribution < 1.29 is 40.7 Å². The summed E-state index contributed by atoms with van der Waals surface area (Å²) in [6.45, 7) is -5.16.